The fourth-order valence-electron chi connectivity index (χ4n) is 2.20. The van der Waals surface area contributed by atoms with E-state index in [2.05, 4.69) is 4.98 Å². The van der Waals surface area contributed by atoms with E-state index in [0.29, 0.717) is 17.0 Å². The zero-order valence-electron chi connectivity index (χ0n) is 10.9. The van der Waals surface area contributed by atoms with Crippen molar-refractivity contribution < 1.29 is 14.2 Å². The van der Waals surface area contributed by atoms with Gasteiger partial charge in [-0.25, -0.2) is 9.37 Å². The number of benzene rings is 1. The maximum Gasteiger partial charge on any atom is 0.139 e. The Morgan fingerprint density at radius 2 is 1.95 bits per heavy atom. The van der Waals surface area contributed by atoms with Gasteiger partial charge in [0.2, 0.25) is 0 Å². The van der Waals surface area contributed by atoms with E-state index in [0.717, 1.165) is 11.3 Å². The number of ether oxygens (including phenoxy) is 1. The van der Waals surface area contributed by atoms with Crippen molar-refractivity contribution in [1.82, 2.24) is 9.38 Å². The molecule has 0 saturated carbocycles. The van der Waals surface area contributed by atoms with E-state index >= 15 is 0 Å². The maximum atomic E-state index is 13.3. The summed E-state index contributed by atoms with van der Waals surface area (Å²) in [6, 6.07) is 10.3. The molecule has 0 aliphatic rings. The number of fused-ring (bicyclic) bond motifs is 1. The molecule has 0 saturated heterocycles. The van der Waals surface area contributed by atoms with Crippen molar-refractivity contribution in [3.8, 4) is 17.0 Å². The van der Waals surface area contributed by atoms with Crippen molar-refractivity contribution in [2.45, 2.75) is 6.61 Å². The molecule has 2 heterocycles. The molecule has 0 aliphatic carbocycles. The molecule has 102 valence electrons. The van der Waals surface area contributed by atoms with E-state index in [1.165, 1.54) is 12.3 Å². The highest BCUT2D eigenvalue weighted by Gasteiger charge is 2.13. The lowest BCUT2D eigenvalue weighted by atomic mass is 10.1. The molecule has 3 rings (SSSR count). The topological polar surface area (TPSA) is 46.8 Å². The zero-order chi connectivity index (χ0) is 14.1. The average molecular weight is 272 g/mol. The quantitative estimate of drug-likeness (QED) is 0.797. The standard InChI is InChI=1S/C15H13FN2O2/c1-20-12-5-2-10(3-6-12)15-13(9-19)18-8-11(16)4-7-14(18)17-15/h2-8,19H,9H2,1H3. The van der Waals surface area contributed by atoms with Gasteiger partial charge in [0.15, 0.2) is 0 Å². The summed E-state index contributed by atoms with van der Waals surface area (Å²) in [5.74, 6) is 0.375. The fourth-order valence-corrected chi connectivity index (χ4v) is 2.20. The summed E-state index contributed by atoms with van der Waals surface area (Å²) in [5.41, 5.74) is 2.64. The minimum atomic E-state index is -0.370. The smallest absolute Gasteiger partial charge is 0.139 e. The second-order valence-electron chi connectivity index (χ2n) is 4.37. The molecule has 0 unspecified atom stereocenters. The van der Waals surface area contributed by atoms with Crippen molar-refractivity contribution >= 4 is 5.65 Å². The summed E-state index contributed by atoms with van der Waals surface area (Å²) < 4.78 is 20.0. The van der Waals surface area contributed by atoms with Gasteiger partial charge in [0.1, 0.15) is 17.2 Å². The highest BCUT2D eigenvalue weighted by Crippen LogP contribution is 2.26. The van der Waals surface area contributed by atoms with Gasteiger partial charge in [0.05, 0.1) is 25.1 Å². The lowest BCUT2D eigenvalue weighted by Gasteiger charge is -2.03. The molecule has 5 heteroatoms. The van der Waals surface area contributed by atoms with Crippen LogP contribution in [-0.2, 0) is 6.61 Å². The Balaban J connectivity index is 2.19. The summed E-state index contributed by atoms with van der Waals surface area (Å²) in [6.07, 6.45) is 1.32. The van der Waals surface area contributed by atoms with Crippen LogP contribution in [0.4, 0.5) is 4.39 Å². The molecule has 0 aliphatic heterocycles. The van der Waals surface area contributed by atoms with E-state index in [4.69, 9.17) is 4.74 Å². The number of aliphatic hydroxyl groups excluding tert-OH is 1. The zero-order valence-corrected chi connectivity index (χ0v) is 10.9. The van der Waals surface area contributed by atoms with Crippen LogP contribution in [0.2, 0.25) is 0 Å². The number of aliphatic hydroxyl groups is 1. The Labute approximate surface area is 115 Å². The Kier molecular flexibility index (Phi) is 3.12. The average Bonchev–Trinajstić information content (AvgIpc) is 2.85. The first-order chi connectivity index (χ1) is 9.72. The Bertz CT molecular complexity index is 750. The van der Waals surface area contributed by atoms with E-state index in [-0.39, 0.29) is 12.4 Å². The highest BCUT2D eigenvalue weighted by atomic mass is 19.1. The number of hydrogen-bond acceptors (Lipinski definition) is 3. The van der Waals surface area contributed by atoms with Crippen LogP contribution in [0.3, 0.4) is 0 Å². The summed E-state index contributed by atoms with van der Waals surface area (Å²) in [6.45, 7) is -0.216. The number of nitrogens with zero attached hydrogens (tertiary/aromatic N) is 2. The van der Waals surface area contributed by atoms with Crippen molar-refractivity contribution in [3.63, 3.8) is 0 Å². The first kappa shape index (κ1) is 12.6. The normalized spacial score (nSPS) is 10.9. The number of hydrogen-bond donors (Lipinski definition) is 1. The summed E-state index contributed by atoms with van der Waals surface area (Å²) in [5, 5.41) is 9.55. The molecule has 3 aromatic rings. The number of halogens is 1. The number of imidazole rings is 1. The first-order valence-corrected chi connectivity index (χ1v) is 6.14. The Hall–Kier alpha value is -2.40. The van der Waals surface area contributed by atoms with Crippen LogP contribution in [0.15, 0.2) is 42.6 Å². The van der Waals surface area contributed by atoms with Crippen molar-refractivity contribution in [2.24, 2.45) is 0 Å². The second kappa shape index (κ2) is 4.94. The van der Waals surface area contributed by atoms with Crippen molar-refractivity contribution in [3.05, 3.63) is 54.1 Å². The van der Waals surface area contributed by atoms with Crippen LogP contribution in [0.25, 0.3) is 16.9 Å². The Morgan fingerprint density at radius 3 is 2.60 bits per heavy atom. The predicted octanol–water partition coefficient (Wildman–Crippen LogP) is 2.64. The second-order valence-corrected chi connectivity index (χ2v) is 4.37. The van der Waals surface area contributed by atoms with Gasteiger partial charge in [0.25, 0.3) is 0 Å². The summed E-state index contributed by atoms with van der Waals surface area (Å²) in [4.78, 5) is 4.45. The lowest BCUT2D eigenvalue weighted by Crippen LogP contribution is -1.95. The van der Waals surface area contributed by atoms with Gasteiger partial charge in [-0.2, -0.15) is 0 Å². The van der Waals surface area contributed by atoms with E-state index < -0.39 is 0 Å². The Morgan fingerprint density at radius 1 is 1.20 bits per heavy atom. The van der Waals surface area contributed by atoms with Crippen LogP contribution in [0.5, 0.6) is 5.75 Å². The van der Waals surface area contributed by atoms with Gasteiger partial charge >= 0.3 is 0 Å². The molecule has 1 N–H and O–H groups in total. The molecule has 0 spiro atoms. The monoisotopic (exact) mass is 272 g/mol. The SMILES string of the molecule is COc1ccc(-c2nc3ccc(F)cn3c2CO)cc1. The lowest BCUT2D eigenvalue weighted by molar-refractivity contribution is 0.276. The number of rotatable bonds is 3. The van der Waals surface area contributed by atoms with Gasteiger partial charge in [0, 0.05) is 11.8 Å². The van der Waals surface area contributed by atoms with Crippen molar-refractivity contribution in [1.29, 1.82) is 0 Å². The fraction of sp³-hybridized carbons (Fsp3) is 0.133. The maximum absolute atomic E-state index is 13.3. The van der Waals surface area contributed by atoms with Gasteiger partial charge in [-0.3, -0.25) is 4.40 Å². The minimum absolute atomic E-state index is 0.216. The molecule has 4 nitrogen and oxygen atoms in total. The van der Waals surface area contributed by atoms with Gasteiger partial charge in [-0.05, 0) is 36.4 Å². The molecule has 0 bridgehead atoms. The van der Waals surface area contributed by atoms with Gasteiger partial charge in [-0.15, -0.1) is 0 Å². The molecule has 2 aromatic heterocycles. The van der Waals surface area contributed by atoms with Crippen LogP contribution in [0.1, 0.15) is 5.69 Å². The largest absolute Gasteiger partial charge is 0.497 e. The van der Waals surface area contributed by atoms with Crippen molar-refractivity contribution in [2.75, 3.05) is 7.11 Å². The number of aromatic nitrogens is 2. The van der Waals surface area contributed by atoms with Crippen LogP contribution >= 0.6 is 0 Å². The van der Waals surface area contributed by atoms with Gasteiger partial charge < -0.3 is 9.84 Å². The number of methoxy groups -OCH3 is 1. The van der Waals surface area contributed by atoms with Crippen LogP contribution in [0, 0.1) is 5.82 Å². The first-order valence-electron chi connectivity index (χ1n) is 6.14. The van der Waals surface area contributed by atoms with E-state index in [1.807, 2.05) is 24.3 Å². The molecule has 20 heavy (non-hydrogen) atoms. The molecular weight excluding hydrogens is 259 g/mol. The summed E-state index contributed by atoms with van der Waals surface area (Å²) >= 11 is 0. The third-order valence-corrected chi connectivity index (χ3v) is 3.19. The third-order valence-electron chi connectivity index (χ3n) is 3.19. The molecule has 0 amide bonds. The molecule has 1 aromatic carbocycles. The van der Waals surface area contributed by atoms with E-state index in [1.54, 1.807) is 17.6 Å². The minimum Gasteiger partial charge on any atom is -0.497 e. The van der Waals surface area contributed by atoms with Crippen LogP contribution in [-0.4, -0.2) is 21.6 Å². The van der Waals surface area contributed by atoms with Crippen LogP contribution < -0.4 is 4.74 Å². The van der Waals surface area contributed by atoms with E-state index in [9.17, 15) is 9.50 Å². The predicted molar refractivity (Wildman–Crippen MR) is 73.1 cm³/mol. The molecule has 0 atom stereocenters. The molecule has 0 radical (unpaired) electrons. The number of pyridine rings is 1. The molecule has 0 fully saturated rings. The van der Waals surface area contributed by atoms with Gasteiger partial charge in [-0.1, -0.05) is 0 Å². The highest BCUT2D eigenvalue weighted by molar-refractivity contribution is 5.67. The summed E-state index contributed by atoms with van der Waals surface area (Å²) in [7, 11) is 1.60. The third kappa shape index (κ3) is 2.02. The molecular formula is C15H13FN2O2.